The van der Waals surface area contributed by atoms with Crippen LogP contribution in [0.1, 0.15) is 46.3 Å². The van der Waals surface area contributed by atoms with Crippen molar-refractivity contribution in [1.29, 1.82) is 0 Å². The lowest BCUT2D eigenvalue weighted by molar-refractivity contribution is 0.0602. The number of carbonyl (C=O) groups is 2. The minimum Gasteiger partial charge on any atom is -0.465 e. The van der Waals surface area contributed by atoms with Gasteiger partial charge in [-0.3, -0.25) is 9.48 Å². The molecular formula is C20H21N3O3. The van der Waals surface area contributed by atoms with Gasteiger partial charge in [0.05, 0.1) is 23.9 Å². The average Bonchev–Trinajstić information content (AvgIpc) is 3.00. The van der Waals surface area contributed by atoms with E-state index < -0.39 is 5.97 Å². The second-order valence-electron chi connectivity index (χ2n) is 6.40. The van der Waals surface area contributed by atoms with Crippen LogP contribution in [0.2, 0.25) is 0 Å². The minimum absolute atomic E-state index is 0.115. The maximum Gasteiger partial charge on any atom is 0.339 e. The van der Waals surface area contributed by atoms with Gasteiger partial charge in [-0.1, -0.05) is 23.8 Å². The number of hydrogen-bond acceptors (Lipinski definition) is 4. The van der Waals surface area contributed by atoms with Crippen LogP contribution in [0, 0.1) is 6.92 Å². The van der Waals surface area contributed by atoms with E-state index >= 15 is 0 Å². The molecule has 0 saturated heterocycles. The van der Waals surface area contributed by atoms with Gasteiger partial charge in [0, 0.05) is 11.4 Å². The fraction of sp³-hybridized carbons (Fsp3) is 0.250. The Balaban J connectivity index is 2.04. The highest BCUT2D eigenvalue weighted by atomic mass is 16.5. The zero-order chi connectivity index (χ0) is 18.8. The van der Waals surface area contributed by atoms with Crippen LogP contribution in [0.25, 0.3) is 10.9 Å². The number of fused-ring (bicyclic) bond motifs is 1. The molecule has 1 aromatic heterocycles. The van der Waals surface area contributed by atoms with Gasteiger partial charge >= 0.3 is 5.97 Å². The Hall–Kier alpha value is -3.15. The van der Waals surface area contributed by atoms with E-state index in [0.717, 1.165) is 16.5 Å². The van der Waals surface area contributed by atoms with Gasteiger partial charge < -0.3 is 10.1 Å². The molecule has 0 aliphatic carbocycles. The Kier molecular flexibility index (Phi) is 4.75. The van der Waals surface area contributed by atoms with E-state index in [0.29, 0.717) is 16.9 Å². The van der Waals surface area contributed by atoms with E-state index in [1.165, 1.54) is 7.11 Å². The van der Waals surface area contributed by atoms with Gasteiger partial charge in [0.1, 0.15) is 0 Å². The smallest absolute Gasteiger partial charge is 0.339 e. The van der Waals surface area contributed by atoms with Gasteiger partial charge in [-0.15, -0.1) is 0 Å². The van der Waals surface area contributed by atoms with Gasteiger partial charge in [0.15, 0.2) is 5.69 Å². The largest absolute Gasteiger partial charge is 0.465 e. The van der Waals surface area contributed by atoms with Crippen molar-refractivity contribution in [3.8, 4) is 0 Å². The van der Waals surface area contributed by atoms with Crippen molar-refractivity contribution in [3.63, 3.8) is 0 Å². The zero-order valence-corrected chi connectivity index (χ0v) is 15.2. The molecule has 0 atom stereocenters. The monoisotopic (exact) mass is 351 g/mol. The van der Waals surface area contributed by atoms with Gasteiger partial charge in [-0.25, -0.2) is 4.79 Å². The first-order chi connectivity index (χ1) is 12.4. The number of rotatable bonds is 4. The van der Waals surface area contributed by atoms with Gasteiger partial charge in [0.25, 0.3) is 5.91 Å². The van der Waals surface area contributed by atoms with Gasteiger partial charge in [0.2, 0.25) is 0 Å². The molecule has 0 radical (unpaired) electrons. The van der Waals surface area contributed by atoms with Gasteiger partial charge in [-0.2, -0.15) is 5.10 Å². The Morgan fingerprint density at radius 1 is 1.15 bits per heavy atom. The second kappa shape index (κ2) is 7.00. The normalized spacial score (nSPS) is 11.0. The molecule has 0 unspecified atom stereocenters. The first kappa shape index (κ1) is 17.7. The van der Waals surface area contributed by atoms with E-state index in [-0.39, 0.29) is 11.9 Å². The summed E-state index contributed by atoms with van der Waals surface area (Å²) < 4.78 is 6.61. The molecule has 0 fully saturated rings. The quantitative estimate of drug-likeness (QED) is 0.722. The second-order valence-corrected chi connectivity index (χ2v) is 6.40. The molecule has 2 aromatic carbocycles. The summed E-state index contributed by atoms with van der Waals surface area (Å²) in [6, 6.07) is 12.8. The summed E-state index contributed by atoms with van der Waals surface area (Å²) in [7, 11) is 1.31. The van der Waals surface area contributed by atoms with Crippen molar-refractivity contribution >= 4 is 28.5 Å². The van der Waals surface area contributed by atoms with Crippen molar-refractivity contribution in [1.82, 2.24) is 9.78 Å². The number of nitrogens with one attached hydrogen (secondary N) is 1. The summed E-state index contributed by atoms with van der Waals surface area (Å²) >= 11 is 0. The molecule has 1 amide bonds. The fourth-order valence-electron chi connectivity index (χ4n) is 2.88. The van der Waals surface area contributed by atoms with Crippen LogP contribution < -0.4 is 5.32 Å². The molecule has 134 valence electrons. The lowest BCUT2D eigenvalue weighted by atomic mass is 10.1. The molecule has 1 N–H and O–H groups in total. The number of esters is 1. The molecule has 3 aromatic rings. The highest BCUT2D eigenvalue weighted by molar-refractivity contribution is 6.13. The van der Waals surface area contributed by atoms with Crippen LogP contribution in [-0.2, 0) is 4.74 Å². The maximum absolute atomic E-state index is 12.9. The number of carbonyl (C=O) groups excluding carboxylic acids is 2. The number of anilines is 1. The van der Waals surface area contributed by atoms with Crippen LogP contribution >= 0.6 is 0 Å². The van der Waals surface area contributed by atoms with Crippen LogP contribution in [-0.4, -0.2) is 28.8 Å². The number of aryl methyl sites for hydroxylation is 1. The van der Waals surface area contributed by atoms with Crippen molar-refractivity contribution in [2.75, 3.05) is 12.4 Å². The van der Waals surface area contributed by atoms with Crippen LogP contribution in [0.3, 0.4) is 0 Å². The fourth-order valence-corrected chi connectivity index (χ4v) is 2.88. The summed E-state index contributed by atoms with van der Waals surface area (Å²) in [6.07, 6.45) is 0. The lowest BCUT2D eigenvalue weighted by Gasteiger charge is -2.08. The number of amides is 1. The highest BCUT2D eigenvalue weighted by Crippen LogP contribution is 2.25. The van der Waals surface area contributed by atoms with Crippen molar-refractivity contribution in [2.24, 2.45) is 0 Å². The Labute approximate surface area is 151 Å². The summed E-state index contributed by atoms with van der Waals surface area (Å²) in [6.45, 7) is 6.00. The van der Waals surface area contributed by atoms with E-state index in [9.17, 15) is 9.59 Å². The topological polar surface area (TPSA) is 73.2 Å². The van der Waals surface area contributed by atoms with E-state index in [1.54, 1.807) is 24.3 Å². The molecule has 3 rings (SSSR count). The molecule has 0 bridgehead atoms. The standard InChI is InChI=1S/C20H21N3O3/c1-12(2)23-17-10-9-13(3)11-15(17)18(22-23)19(24)21-16-8-6-5-7-14(16)20(25)26-4/h5-12H,1-4H3,(H,21,24). The third-order valence-electron chi connectivity index (χ3n) is 4.15. The number of methoxy groups -OCH3 is 1. The highest BCUT2D eigenvalue weighted by Gasteiger charge is 2.20. The van der Waals surface area contributed by atoms with E-state index in [1.807, 2.05) is 43.7 Å². The van der Waals surface area contributed by atoms with Crippen molar-refractivity contribution in [3.05, 3.63) is 59.3 Å². The molecule has 0 aliphatic rings. The predicted octanol–water partition coefficient (Wildman–Crippen LogP) is 3.96. The molecule has 0 spiro atoms. The first-order valence-electron chi connectivity index (χ1n) is 8.40. The number of benzene rings is 2. The Morgan fingerprint density at radius 2 is 1.88 bits per heavy atom. The lowest BCUT2D eigenvalue weighted by Crippen LogP contribution is -2.16. The number of aromatic nitrogens is 2. The number of nitrogens with zero attached hydrogens (tertiary/aromatic N) is 2. The SMILES string of the molecule is COC(=O)c1ccccc1NC(=O)c1nn(C(C)C)c2ccc(C)cc12. The third-order valence-corrected chi connectivity index (χ3v) is 4.15. The molecule has 0 saturated carbocycles. The third kappa shape index (κ3) is 3.18. The summed E-state index contributed by atoms with van der Waals surface area (Å²) in [4.78, 5) is 24.8. The minimum atomic E-state index is -0.505. The summed E-state index contributed by atoms with van der Waals surface area (Å²) in [5, 5.41) is 8.08. The summed E-state index contributed by atoms with van der Waals surface area (Å²) in [5.74, 6) is -0.870. The number of hydrogen-bond donors (Lipinski definition) is 1. The van der Waals surface area contributed by atoms with Crippen LogP contribution in [0.5, 0.6) is 0 Å². The van der Waals surface area contributed by atoms with Crippen molar-refractivity contribution in [2.45, 2.75) is 26.8 Å². The van der Waals surface area contributed by atoms with E-state index in [4.69, 9.17) is 4.74 Å². The Bertz CT molecular complexity index is 989. The van der Waals surface area contributed by atoms with Gasteiger partial charge in [-0.05, 0) is 45.0 Å². The predicted molar refractivity (Wildman–Crippen MR) is 101 cm³/mol. The molecular weight excluding hydrogens is 330 g/mol. The van der Waals surface area contributed by atoms with Crippen molar-refractivity contribution < 1.29 is 14.3 Å². The molecule has 6 nitrogen and oxygen atoms in total. The average molecular weight is 351 g/mol. The van der Waals surface area contributed by atoms with E-state index in [2.05, 4.69) is 10.4 Å². The maximum atomic E-state index is 12.9. The number of para-hydroxylation sites is 1. The molecule has 0 aliphatic heterocycles. The summed E-state index contributed by atoms with van der Waals surface area (Å²) in [5.41, 5.74) is 2.97. The molecule has 26 heavy (non-hydrogen) atoms. The number of ether oxygens (including phenoxy) is 1. The van der Waals surface area contributed by atoms with Crippen LogP contribution in [0.4, 0.5) is 5.69 Å². The Morgan fingerprint density at radius 3 is 2.58 bits per heavy atom. The van der Waals surface area contributed by atoms with Crippen LogP contribution in [0.15, 0.2) is 42.5 Å². The molecule has 6 heteroatoms. The molecule has 1 heterocycles. The first-order valence-corrected chi connectivity index (χ1v) is 8.40. The zero-order valence-electron chi connectivity index (χ0n) is 15.2.